The van der Waals surface area contributed by atoms with Gasteiger partial charge in [-0.15, -0.1) is 0 Å². The van der Waals surface area contributed by atoms with E-state index in [4.69, 9.17) is 45.6 Å². The first-order valence-corrected chi connectivity index (χ1v) is 6.63. The number of nitrogen functional groups attached to an aromatic ring is 1. The second-order valence-corrected chi connectivity index (χ2v) is 5.29. The van der Waals surface area contributed by atoms with Crippen LogP contribution in [0, 0.1) is 0 Å². The summed E-state index contributed by atoms with van der Waals surface area (Å²) in [6.45, 7) is 0. The fourth-order valence-electron chi connectivity index (χ4n) is 1.73. The maximum atomic E-state index is 10.7. The van der Waals surface area contributed by atoms with Crippen molar-refractivity contribution in [3.05, 3.63) is 45.0 Å². The van der Waals surface area contributed by atoms with Gasteiger partial charge in [-0.1, -0.05) is 34.8 Å². The summed E-state index contributed by atoms with van der Waals surface area (Å²) in [5.41, 5.74) is 7.53. The van der Waals surface area contributed by atoms with Crippen LogP contribution in [-0.4, -0.2) is 16.1 Å². The molecule has 0 saturated carbocycles. The number of nitrogens with zero attached hydrogens (tertiary/aromatic N) is 1. The van der Waals surface area contributed by atoms with Gasteiger partial charge in [0.05, 0.1) is 21.5 Å². The second-order valence-electron chi connectivity index (χ2n) is 4.10. The van der Waals surface area contributed by atoms with Crippen LogP contribution in [0.15, 0.2) is 24.4 Å². The molecule has 0 spiro atoms. The lowest BCUT2D eigenvalue weighted by Gasteiger charge is -2.09. The number of carboxylic acid groups (broad SMARTS) is 1. The Kier molecular flexibility index (Phi) is 4.38. The molecule has 0 amide bonds. The number of benzene rings is 1. The topological polar surface area (TPSA) is 76.2 Å². The maximum Gasteiger partial charge on any atom is 0.307 e. The van der Waals surface area contributed by atoms with E-state index < -0.39 is 5.97 Å². The SMILES string of the molecule is Nc1ncc(CC(=O)O)cc1-c1cc(Cl)c(Cl)c(Cl)c1. The summed E-state index contributed by atoms with van der Waals surface area (Å²) < 4.78 is 0. The molecular formula is C13H9Cl3N2O2. The van der Waals surface area contributed by atoms with Crippen molar-refractivity contribution in [3.8, 4) is 11.1 Å². The molecule has 4 nitrogen and oxygen atoms in total. The number of hydrogen-bond donors (Lipinski definition) is 2. The van der Waals surface area contributed by atoms with Crippen LogP contribution in [0.2, 0.25) is 15.1 Å². The second kappa shape index (κ2) is 5.87. The Morgan fingerprint density at radius 2 is 1.80 bits per heavy atom. The quantitative estimate of drug-likeness (QED) is 0.836. The molecule has 7 heteroatoms. The van der Waals surface area contributed by atoms with Gasteiger partial charge in [-0.05, 0) is 29.3 Å². The summed E-state index contributed by atoms with van der Waals surface area (Å²) in [5, 5.41) is 9.64. The number of aliphatic carboxylic acids is 1. The first kappa shape index (κ1) is 14.9. The molecule has 0 radical (unpaired) electrons. The van der Waals surface area contributed by atoms with Crippen LogP contribution in [0.3, 0.4) is 0 Å². The van der Waals surface area contributed by atoms with Gasteiger partial charge in [-0.25, -0.2) is 4.98 Å². The third-order valence-electron chi connectivity index (χ3n) is 2.63. The van der Waals surface area contributed by atoms with E-state index in [0.717, 1.165) is 0 Å². The summed E-state index contributed by atoms with van der Waals surface area (Å²) in [5.74, 6) is -0.691. The molecule has 0 saturated heterocycles. The van der Waals surface area contributed by atoms with Crippen LogP contribution < -0.4 is 5.73 Å². The monoisotopic (exact) mass is 330 g/mol. The molecule has 0 aliphatic carbocycles. The van der Waals surface area contributed by atoms with Crippen LogP contribution in [0.4, 0.5) is 5.82 Å². The zero-order valence-corrected chi connectivity index (χ0v) is 12.3. The number of aromatic nitrogens is 1. The van der Waals surface area contributed by atoms with E-state index in [1.807, 2.05) is 0 Å². The lowest BCUT2D eigenvalue weighted by atomic mass is 10.0. The molecule has 1 heterocycles. The number of pyridine rings is 1. The highest BCUT2D eigenvalue weighted by molar-refractivity contribution is 6.48. The van der Waals surface area contributed by atoms with Gasteiger partial charge in [-0.3, -0.25) is 4.79 Å². The van der Waals surface area contributed by atoms with Crippen molar-refractivity contribution < 1.29 is 9.90 Å². The van der Waals surface area contributed by atoms with E-state index >= 15 is 0 Å². The number of nitrogens with two attached hydrogens (primary N) is 1. The number of halogens is 3. The molecule has 104 valence electrons. The summed E-state index contributed by atoms with van der Waals surface area (Å²) >= 11 is 17.8. The predicted octanol–water partition coefficient (Wildman–Crippen LogP) is 3.92. The fraction of sp³-hybridized carbons (Fsp3) is 0.0769. The minimum Gasteiger partial charge on any atom is -0.481 e. The van der Waals surface area contributed by atoms with Crippen molar-refractivity contribution >= 4 is 46.6 Å². The smallest absolute Gasteiger partial charge is 0.307 e. The molecule has 20 heavy (non-hydrogen) atoms. The highest BCUT2D eigenvalue weighted by Gasteiger charge is 2.12. The largest absolute Gasteiger partial charge is 0.481 e. The van der Waals surface area contributed by atoms with Crippen LogP contribution in [0.5, 0.6) is 0 Å². The third kappa shape index (κ3) is 3.15. The summed E-state index contributed by atoms with van der Waals surface area (Å²) in [7, 11) is 0. The molecule has 0 atom stereocenters. The first-order chi connectivity index (χ1) is 9.38. The Morgan fingerprint density at radius 3 is 2.35 bits per heavy atom. The Labute approximate surface area is 130 Å². The first-order valence-electron chi connectivity index (χ1n) is 5.49. The molecule has 0 bridgehead atoms. The van der Waals surface area contributed by atoms with Crippen molar-refractivity contribution in [1.29, 1.82) is 0 Å². The minimum absolute atomic E-state index is 0.144. The van der Waals surface area contributed by atoms with E-state index in [1.54, 1.807) is 18.2 Å². The van der Waals surface area contributed by atoms with E-state index in [1.165, 1.54) is 6.20 Å². The summed E-state index contributed by atoms with van der Waals surface area (Å²) in [4.78, 5) is 14.7. The van der Waals surface area contributed by atoms with Crippen molar-refractivity contribution in [2.45, 2.75) is 6.42 Å². The Balaban J connectivity index is 2.54. The van der Waals surface area contributed by atoms with E-state index in [2.05, 4.69) is 4.98 Å². The van der Waals surface area contributed by atoms with E-state index in [0.29, 0.717) is 16.7 Å². The Hall–Kier alpha value is -1.49. The molecule has 0 aliphatic heterocycles. The predicted molar refractivity (Wildman–Crippen MR) is 80.5 cm³/mol. The zero-order chi connectivity index (χ0) is 14.9. The molecule has 1 aromatic heterocycles. The minimum atomic E-state index is -0.949. The molecule has 0 fully saturated rings. The van der Waals surface area contributed by atoms with E-state index in [9.17, 15) is 4.79 Å². The highest BCUT2D eigenvalue weighted by Crippen LogP contribution is 2.36. The van der Waals surface area contributed by atoms with Gasteiger partial charge in [-0.2, -0.15) is 0 Å². The fourth-order valence-corrected chi connectivity index (χ4v) is 2.33. The van der Waals surface area contributed by atoms with Crippen molar-refractivity contribution in [3.63, 3.8) is 0 Å². The van der Waals surface area contributed by atoms with Gasteiger partial charge in [0.25, 0.3) is 0 Å². The summed E-state index contributed by atoms with van der Waals surface area (Å²) in [6.07, 6.45) is 1.28. The summed E-state index contributed by atoms with van der Waals surface area (Å²) in [6, 6.07) is 4.85. The zero-order valence-electron chi connectivity index (χ0n) is 10.0. The Bertz CT molecular complexity index is 666. The average molecular weight is 332 g/mol. The number of rotatable bonds is 3. The molecule has 0 aliphatic rings. The number of anilines is 1. The van der Waals surface area contributed by atoms with E-state index in [-0.39, 0.29) is 27.3 Å². The standard InChI is InChI=1S/C13H9Cl3N2O2/c14-9-3-7(4-10(15)12(9)16)8-1-6(2-11(19)20)5-18-13(8)17/h1,3-5H,2H2,(H2,17,18)(H,19,20). The lowest BCUT2D eigenvalue weighted by Crippen LogP contribution is -2.03. The maximum absolute atomic E-state index is 10.7. The number of hydrogen-bond acceptors (Lipinski definition) is 3. The molecule has 3 N–H and O–H groups in total. The molecule has 0 unspecified atom stereocenters. The van der Waals surface area contributed by atoms with Gasteiger partial charge >= 0.3 is 5.97 Å². The average Bonchev–Trinajstić information content (AvgIpc) is 2.37. The van der Waals surface area contributed by atoms with Gasteiger partial charge in [0.1, 0.15) is 5.82 Å². The van der Waals surface area contributed by atoms with Crippen molar-refractivity contribution in [2.75, 3.05) is 5.73 Å². The van der Waals surface area contributed by atoms with Gasteiger partial charge in [0, 0.05) is 11.8 Å². The highest BCUT2D eigenvalue weighted by atomic mass is 35.5. The number of carbonyl (C=O) groups is 1. The van der Waals surface area contributed by atoms with Crippen LogP contribution >= 0.6 is 34.8 Å². The molecule has 2 aromatic rings. The van der Waals surface area contributed by atoms with Gasteiger partial charge in [0.2, 0.25) is 0 Å². The van der Waals surface area contributed by atoms with Crippen LogP contribution in [0.1, 0.15) is 5.56 Å². The van der Waals surface area contributed by atoms with Crippen LogP contribution in [0.25, 0.3) is 11.1 Å². The van der Waals surface area contributed by atoms with Gasteiger partial charge < -0.3 is 10.8 Å². The molecule has 1 aromatic carbocycles. The molecular weight excluding hydrogens is 323 g/mol. The lowest BCUT2D eigenvalue weighted by molar-refractivity contribution is -0.136. The third-order valence-corrected chi connectivity index (χ3v) is 3.82. The van der Waals surface area contributed by atoms with Gasteiger partial charge in [0.15, 0.2) is 0 Å². The van der Waals surface area contributed by atoms with Crippen molar-refractivity contribution in [2.24, 2.45) is 0 Å². The molecule has 2 rings (SSSR count). The normalized spacial score (nSPS) is 10.6. The Morgan fingerprint density at radius 1 is 1.20 bits per heavy atom. The van der Waals surface area contributed by atoms with Crippen LogP contribution in [-0.2, 0) is 11.2 Å². The number of carboxylic acids is 1. The van der Waals surface area contributed by atoms with Crippen molar-refractivity contribution in [1.82, 2.24) is 4.98 Å².